The summed E-state index contributed by atoms with van der Waals surface area (Å²) in [5.41, 5.74) is 1.59. The molecule has 1 aromatic rings. The van der Waals surface area contributed by atoms with Gasteiger partial charge in [0.25, 0.3) is 0 Å². The summed E-state index contributed by atoms with van der Waals surface area (Å²) >= 11 is 0. The van der Waals surface area contributed by atoms with Crippen LogP contribution in [0.4, 0.5) is 0 Å². The van der Waals surface area contributed by atoms with E-state index in [1.807, 2.05) is 30.1 Å². The van der Waals surface area contributed by atoms with Gasteiger partial charge in [-0.3, -0.25) is 9.69 Å². The second kappa shape index (κ2) is 9.08. The molecule has 20 heavy (non-hydrogen) atoms. The molecule has 1 N–H and O–H groups in total. The summed E-state index contributed by atoms with van der Waals surface area (Å²) in [4.78, 5) is 13.6. The molecule has 5 nitrogen and oxygen atoms in total. The molecule has 1 amide bonds. The predicted octanol–water partition coefficient (Wildman–Crippen LogP) is 1.14. The summed E-state index contributed by atoms with van der Waals surface area (Å²) in [5.74, 6) is -0.0157. The second-order valence-electron chi connectivity index (χ2n) is 4.64. The molecule has 108 valence electrons. The molecule has 0 saturated carbocycles. The maximum Gasteiger partial charge on any atom is 0.234 e. The predicted molar refractivity (Wildman–Crippen MR) is 77.0 cm³/mol. The van der Waals surface area contributed by atoms with Crippen LogP contribution in [-0.4, -0.2) is 44.7 Å². The molecule has 0 fully saturated rings. The van der Waals surface area contributed by atoms with Gasteiger partial charge in [-0.25, -0.2) is 0 Å². The number of ether oxygens (including phenoxy) is 1. The van der Waals surface area contributed by atoms with Crippen molar-refractivity contribution >= 4 is 5.91 Å². The minimum atomic E-state index is -0.0157. The van der Waals surface area contributed by atoms with Gasteiger partial charge in [0, 0.05) is 26.8 Å². The molecule has 0 unspecified atom stereocenters. The van der Waals surface area contributed by atoms with Gasteiger partial charge in [0.15, 0.2) is 0 Å². The van der Waals surface area contributed by atoms with Crippen LogP contribution in [-0.2, 0) is 16.1 Å². The van der Waals surface area contributed by atoms with Gasteiger partial charge in [-0.15, -0.1) is 0 Å². The van der Waals surface area contributed by atoms with Crippen LogP contribution in [0, 0.1) is 11.3 Å². The summed E-state index contributed by atoms with van der Waals surface area (Å²) in [5, 5.41) is 11.9. The van der Waals surface area contributed by atoms with Crippen LogP contribution in [0.3, 0.4) is 0 Å². The van der Waals surface area contributed by atoms with Crippen LogP contribution in [0.2, 0.25) is 0 Å². The largest absolute Gasteiger partial charge is 0.385 e. The van der Waals surface area contributed by atoms with E-state index in [0.717, 1.165) is 12.0 Å². The number of nitrogens with one attached hydrogen (secondary N) is 1. The molecule has 1 rings (SSSR count). The van der Waals surface area contributed by atoms with Crippen molar-refractivity contribution in [3.05, 3.63) is 35.4 Å². The van der Waals surface area contributed by atoms with Crippen molar-refractivity contribution in [2.75, 3.05) is 33.9 Å². The highest BCUT2D eigenvalue weighted by atomic mass is 16.5. The number of nitrogens with zero attached hydrogens (tertiary/aromatic N) is 2. The topological polar surface area (TPSA) is 65.4 Å². The first kappa shape index (κ1) is 16.2. The van der Waals surface area contributed by atoms with E-state index in [0.29, 0.717) is 31.8 Å². The van der Waals surface area contributed by atoms with Crippen LogP contribution in [0.1, 0.15) is 17.5 Å². The monoisotopic (exact) mass is 275 g/mol. The Labute approximate surface area is 120 Å². The Morgan fingerprint density at radius 2 is 2.20 bits per heavy atom. The van der Waals surface area contributed by atoms with Crippen LogP contribution >= 0.6 is 0 Å². The van der Waals surface area contributed by atoms with E-state index in [2.05, 4.69) is 11.4 Å². The Kier molecular flexibility index (Phi) is 7.33. The summed E-state index contributed by atoms with van der Waals surface area (Å²) < 4.78 is 4.92. The first-order valence-electron chi connectivity index (χ1n) is 6.59. The third-order valence-corrected chi connectivity index (χ3v) is 2.84. The van der Waals surface area contributed by atoms with Gasteiger partial charge in [0.2, 0.25) is 5.91 Å². The number of likely N-dealkylation sites (N-methyl/N-ethyl adjacent to an activating group) is 1. The van der Waals surface area contributed by atoms with Gasteiger partial charge in [-0.2, -0.15) is 5.26 Å². The Balaban J connectivity index is 2.38. The first-order valence-corrected chi connectivity index (χ1v) is 6.59. The number of carbonyl (C=O) groups is 1. The van der Waals surface area contributed by atoms with Crippen molar-refractivity contribution in [1.29, 1.82) is 5.26 Å². The summed E-state index contributed by atoms with van der Waals surface area (Å²) in [7, 11) is 3.51. The zero-order valence-corrected chi connectivity index (χ0v) is 12.1. The van der Waals surface area contributed by atoms with Crippen molar-refractivity contribution in [2.45, 2.75) is 13.0 Å². The fraction of sp³-hybridized carbons (Fsp3) is 0.467. The van der Waals surface area contributed by atoms with Gasteiger partial charge in [0.05, 0.1) is 18.2 Å². The zero-order chi connectivity index (χ0) is 14.8. The molecule has 5 heteroatoms. The Morgan fingerprint density at radius 3 is 2.90 bits per heavy atom. The zero-order valence-electron chi connectivity index (χ0n) is 12.1. The van der Waals surface area contributed by atoms with Gasteiger partial charge < -0.3 is 10.1 Å². The van der Waals surface area contributed by atoms with E-state index >= 15 is 0 Å². The normalized spacial score (nSPS) is 10.3. The lowest BCUT2D eigenvalue weighted by Gasteiger charge is -2.17. The van der Waals surface area contributed by atoms with Gasteiger partial charge in [-0.1, -0.05) is 18.2 Å². The molecule has 0 bridgehead atoms. The van der Waals surface area contributed by atoms with E-state index in [9.17, 15) is 4.79 Å². The number of benzene rings is 1. The quantitative estimate of drug-likeness (QED) is 0.723. The lowest BCUT2D eigenvalue weighted by molar-refractivity contribution is -0.122. The minimum Gasteiger partial charge on any atom is -0.385 e. The Morgan fingerprint density at radius 1 is 1.45 bits per heavy atom. The molecular formula is C15H21N3O2. The average Bonchev–Trinajstić information content (AvgIpc) is 2.44. The van der Waals surface area contributed by atoms with Gasteiger partial charge >= 0.3 is 0 Å². The summed E-state index contributed by atoms with van der Waals surface area (Å²) in [6, 6.07) is 9.59. The van der Waals surface area contributed by atoms with Gasteiger partial charge in [-0.05, 0) is 25.1 Å². The lowest BCUT2D eigenvalue weighted by Crippen LogP contribution is -2.35. The SMILES string of the molecule is COCCCNC(=O)CN(C)Cc1ccccc1C#N. The van der Waals surface area contributed by atoms with Crippen molar-refractivity contribution < 1.29 is 9.53 Å². The van der Waals surface area contributed by atoms with E-state index in [1.165, 1.54) is 0 Å². The van der Waals surface area contributed by atoms with Crippen molar-refractivity contribution in [3.8, 4) is 6.07 Å². The van der Waals surface area contributed by atoms with E-state index < -0.39 is 0 Å². The molecule has 0 atom stereocenters. The number of nitriles is 1. The number of hydrogen-bond donors (Lipinski definition) is 1. The average molecular weight is 275 g/mol. The highest BCUT2D eigenvalue weighted by Crippen LogP contribution is 2.09. The summed E-state index contributed by atoms with van der Waals surface area (Å²) in [6.45, 7) is 2.16. The second-order valence-corrected chi connectivity index (χ2v) is 4.64. The first-order chi connectivity index (χ1) is 9.67. The number of hydrogen-bond acceptors (Lipinski definition) is 4. The van der Waals surface area contributed by atoms with E-state index in [-0.39, 0.29) is 5.91 Å². The van der Waals surface area contributed by atoms with Crippen molar-refractivity contribution in [3.63, 3.8) is 0 Å². The van der Waals surface area contributed by atoms with Crippen molar-refractivity contribution in [2.24, 2.45) is 0 Å². The molecule has 0 aliphatic carbocycles. The van der Waals surface area contributed by atoms with Crippen molar-refractivity contribution in [1.82, 2.24) is 10.2 Å². The summed E-state index contributed by atoms with van der Waals surface area (Å²) in [6.07, 6.45) is 0.809. The smallest absolute Gasteiger partial charge is 0.234 e. The lowest BCUT2D eigenvalue weighted by atomic mass is 10.1. The molecule has 0 radical (unpaired) electrons. The number of rotatable bonds is 8. The highest BCUT2D eigenvalue weighted by molar-refractivity contribution is 5.77. The van der Waals surface area contributed by atoms with Crippen LogP contribution in [0.5, 0.6) is 0 Å². The molecule has 1 aromatic carbocycles. The van der Waals surface area contributed by atoms with Crippen LogP contribution < -0.4 is 5.32 Å². The fourth-order valence-electron chi connectivity index (χ4n) is 1.86. The Bertz CT molecular complexity index is 468. The number of methoxy groups -OCH3 is 1. The highest BCUT2D eigenvalue weighted by Gasteiger charge is 2.08. The maximum atomic E-state index is 11.7. The van der Waals surface area contributed by atoms with Gasteiger partial charge in [0.1, 0.15) is 0 Å². The van der Waals surface area contributed by atoms with Crippen LogP contribution in [0.25, 0.3) is 0 Å². The third kappa shape index (κ3) is 5.83. The van der Waals surface area contributed by atoms with Crippen LogP contribution in [0.15, 0.2) is 24.3 Å². The minimum absolute atomic E-state index is 0.0157. The molecule has 0 aliphatic rings. The number of amides is 1. The molecule has 0 saturated heterocycles. The molecular weight excluding hydrogens is 254 g/mol. The molecule has 0 aromatic heterocycles. The Hall–Kier alpha value is -1.90. The molecule has 0 spiro atoms. The maximum absolute atomic E-state index is 11.7. The standard InChI is InChI=1S/C15H21N3O2/c1-18(12-15(19)17-8-5-9-20-2)11-14-7-4-3-6-13(14)10-16/h3-4,6-7H,5,8-9,11-12H2,1-2H3,(H,17,19). The molecule has 0 heterocycles. The number of carbonyl (C=O) groups excluding carboxylic acids is 1. The fourth-order valence-corrected chi connectivity index (χ4v) is 1.86. The third-order valence-electron chi connectivity index (χ3n) is 2.84. The molecule has 0 aliphatic heterocycles. The van der Waals surface area contributed by atoms with E-state index in [1.54, 1.807) is 13.2 Å². The van der Waals surface area contributed by atoms with E-state index in [4.69, 9.17) is 10.00 Å².